The first-order valence-electron chi connectivity index (χ1n) is 18.1. The maximum Gasteiger partial charge on any atom is 0.397 e. The van der Waals surface area contributed by atoms with Crippen LogP contribution in [0.25, 0.3) is 0 Å². The van der Waals surface area contributed by atoms with Crippen LogP contribution in [-0.4, -0.2) is 94.5 Å². The summed E-state index contributed by atoms with van der Waals surface area (Å²) in [4.78, 5) is 14.4. The average molecular weight is 715 g/mol. The van der Waals surface area contributed by atoms with Crippen LogP contribution in [0.2, 0.25) is 0 Å². The first-order chi connectivity index (χ1) is 22.6. The summed E-state index contributed by atoms with van der Waals surface area (Å²) in [6.45, 7) is 12.5. The number of carbonyl (C=O) groups is 1. The second-order valence-electron chi connectivity index (χ2n) is 18.2. The van der Waals surface area contributed by atoms with Crippen LogP contribution in [0.15, 0.2) is 11.6 Å². The number of esters is 1. The fourth-order valence-corrected chi connectivity index (χ4v) is 12.9. The molecule has 13 heteroatoms. The summed E-state index contributed by atoms with van der Waals surface area (Å²) in [5.41, 5.74) is -1.16. The Kier molecular flexibility index (Phi) is 9.36. The van der Waals surface area contributed by atoms with Gasteiger partial charge in [-0.2, -0.15) is 8.42 Å². The Morgan fingerprint density at radius 1 is 0.898 bits per heavy atom. The van der Waals surface area contributed by atoms with Gasteiger partial charge in [0.25, 0.3) is 0 Å². The third kappa shape index (κ3) is 5.59. The maximum absolute atomic E-state index is 14.4. The van der Waals surface area contributed by atoms with Gasteiger partial charge in [0.15, 0.2) is 0 Å². The zero-order valence-electron chi connectivity index (χ0n) is 29.8. The van der Waals surface area contributed by atoms with E-state index in [1.54, 1.807) is 0 Å². The first kappa shape index (κ1) is 37.6. The van der Waals surface area contributed by atoms with Gasteiger partial charge in [0.2, 0.25) is 6.29 Å². The molecular formula is C36H58O12S. The molecule has 280 valence electrons. The van der Waals surface area contributed by atoms with E-state index in [0.29, 0.717) is 25.7 Å². The SMILES string of the molecule is CC1(C)CC[C@]2(C(=O)O[C@@H]3O[C@H](CO)[C@@H](O)[C@H](O)[C@H]3O)CC[C@]3(C)C(=CC[C@@H]4[C@@]5(C)CC[C@H](OS(=O)(=O)O)[C@@](C)(CO)[C@@H]5CC[C@]43C)[C@@H]2C1. The molecule has 0 amide bonds. The largest absolute Gasteiger partial charge is 0.432 e. The molecule has 6 N–H and O–H groups in total. The molecule has 0 bridgehead atoms. The maximum atomic E-state index is 14.4. The highest BCUT2D eigenvalue weighted by molar-refractivity contribution is 7.80. The van der Waals surface area contributed by atoms with Crippen molar-refractivity contribution in [1.82, 2.24) is 0 Å². The molecule has 14 atom stereocenters. The molecule has 0 radical (unpaired) electrons. The Morgan fingerprint density at radius 2 is 1.57 bits per heavy atom. The minimum Gasteiger partial charge on any atom is -0.432 e. The first-order valence-corrected chi connectivity index (χ1v) is 19.5. The van der Waals surface area contributed by atoms with Crippen molar-refractivity contribution in [1.29, 1.82) is 0 Å². The van der Waals surface area contributed by atoms with E-state index >= 15 is 0 Å². The molecule has 0 aromatic carbocycles. The van der Waals surface area contributed by atoms with Gasteiger partial charge in [0, 0.05) is 5.41 Å². The van der Waals surface area contributed by atoms with E-state index in [1.807, 2.05) is 6.92 Å². The molecule has 1 heterocycles. The van der Waals surface area contributed by atoms with E-state index in [-0.39, 0.29) is 46.0 Å². The number of fused-ring (bicyclic) bond motifs is 7. The molecule has 0 aromatic rings. The van der Waals surface area contributed by atoms with E-state index in [2.05, 4.69) is 40.7 Å². The Labute approximate surface area is 290 Å². The third-order valence-corrected chi connectivity index (χ3v) is 15.9. The summed E-state index contributed by atoms with van der Waals surface area (Å²) in [5, 5.41) is 51.8. The highest BCUT2D eigenvalue weighted by Crippen LogP contribution is 2.76. The third-order valence-electron chi connectivity index (χ3n) is 15.4. The second-order valence-corrected chi connectivity index (χ2v) is 19.2. The van der Waals surface area contributed by atoms with Gasteiger partial charge in [-0.15, -0.1) is 0 Å². The Hall–Kier alpha value is -1.16. The van der Waals surface area contributed by atoms with Gasteiger partial charge in [0.1, 0.15) is 24.4 Å². The number of carbonyl (C=O) groups excluding carboxylic acids is 1. The lowest BCUT2D eigenvalue weighted by atomic mass is 9.33. The van der Waals surface area contributed by atoms with Crippen molar-refractivity contribution in [2.45, 2.75) is 143 Å². The van der Waals surface area contributed by atoms with Gasteiger partial charge in [-0.3, -0.25) is 9.35 Å². The van der Waals surface area contributed by atoms with Gasteiger partial charge in [0.05, 0.1) is 24.7 Å². The normalized spacial score (nSPS) is 50.9. The number of aliphatic hydroxyl groups excluding tert-OH is 5. The molecule has 0 spiro atoms. The molecule has 1 saturated heterocycles. The molecule has 0 unspecified atom stereocenters. The molecule has 5 aliphatic carbocycles. The van der Waals surface area contributed by atoms with Gasteiger partial charge in [-0.25, -0.2) is 4.18 Å². The Bertz CT molecular complexity index is 1450. The summed E-state index contributed by atoms with van der Waals surface area (Å²) in [7, 11) is -4.69. The quantitative estimate of drug-likeness (QED) is 0.134. The molecule has 12 nitrogen and oxygen atoms in total. The Balaban J connectivity index is 1.34. The number of hydrogen-bond acceptors (Lipinski definition) is 11. The van der Waals surface area contributed by atoms with Crippen LogP contribution >= 0.6 is 0 Å². The van der Waals surface area contributed by atoms with Crippen molar-refractivity contribution in [3.8, 4) is 0 Å². The van der Waals surface area contributed by atoms with Crippen molar-refractivity contribution in [2.24, 2.45) is 50.2 Å². The summed E-state index contributed by atoms with van der Waals surface area (Å²) < 4.78 is 49.9. The lowest BCUT2D eigenvalue weighted by molar-refractivity contribution is -0.297. The second kappa shape index (κ2) is 12.2. The smallest absolute Gasteiger partial charge is 0.397 e. The monoisotopic (exact) mass is 714 g/mol. The Morgan fingerprint density at radius 3 is 2.20 bits per heavy atom. The summed E-state index contributed by atoms with van der Waals surface area (Å²) in [6.07, 6.45) is 0.912. The number of rotatable bonds is 6. The summed E-state index contributed by atoms with van der Waals surface area (Å²) in [5.74, 6) is -0.432. The predicted molar refractivity (Wildman–Crippen MR) is 177 cm³/mol. The van der Waals surface area contributed by atoms with Crippen molar-refractivity contribution < 1.29 is 57.0 Å². The van der Waals surface area contributed by atoms with Gasteiger partial charge in [-0.1, -0.05) is 53.2 Å². The highest BCUT2D eigenvalue weighted by Gasteiger charge is 2.70. The number of aliphatic hydroxyl groups is 5. The molecule has 6 rings (SSSR count). The van der Waals surface area contributed by atoms with Crippen LogP contribution in [-0.2, 0) is 28.9 Å². The van der Waals surface area contributed by atoms with E-state index in [9.17, 15) is 43.3 Å². The van der Waals surface area contributed by atoms with Crippen LogP contribution in [0.1, 0.15) is 106 Å². The fourth-order valence-electron chi connectivity index (χ4n) is 12.3. The van der Waals surface area contributed by atoms with E-state index < -0.39 is 70.6 Å². The van der Waals surface area contributed by atoms with E-state index in [0.717, 1.165) is 38.5 Å². The topological polar surface area (TPSA) is 200 Å². The van der Waals surface area contributed by atoms with Crippen LogP contribution in [0.3, 0.4) is 0 Å². The lowest BCUT2D eigenvalue weighted by Crippen LogP contribution is -2.66. The van der Waals surface area contributed by atoms with Crippen molar-refractivity contribution in [2.75, 3.05) is 13.2 Å². The van der Waals surface area contributed by atoms with Crippen molar-refractivity contribution in [3.05, 3.63) is 11.6 Å². The van der Waals surface area contributed by atoms with Crippen LogP contribution in [0, 0.1) is 50.2 Å². The number of ether oxygens (including phenoxy) is 2. The average Bonchev–Trinajstić information content (AvgIpc) is 3.02. The highest BCUT2D eigenvalue weighted by atomic mass is 32.3. The van der Waals surface area contributed by atoms with Crippen LogP contribution in [0.4, 0.5) is 0 Å². The molecule has 1 aliphatic heterocycles. The van der Waals surface area contributed by atoms with Gasteiger partial charge >= 0.3 is 16.4 Å². The van der Waals surface area contributed by atoms with E-state index in [1.165, 1.54) is 5.57 Å². The molecule has 6 aliphatic rings. The minimum atomic E-state index is -4.69. The van der Waals surface area contributed by atoms with Crippen LogP contribution in [0.5, 0.6) is 0 Å². The minimum absolute atomic E-state index is 0.0352. The lowest BCUT2D eigenvalue weighted by Gasteiger charge is -2.71. The molecule has 0 aromatic heterocycles. The predicted octanol–water partition coefficient (Wildman–Crippen LogP) is 3.29. The molecular weight excluding hydrogens is 656 g/mol. The van der Waals surface area contributed by atoms with E-state index in [4.69, 9.17) is 13.7 Å². The van der Waals surface area contributed by atoms with Crippen molar-refractivity contribution in [3.63, 3.8) is 0 Å². The van der Waals surface area contributed by atoms with Gasteiger partial charge in [-0.05, 0) is 104 Å². The number of allylic oxidation sites excluding steroid dienone is 2. The summed E-state index contributed by atoms with van der Waals surface area (Å²) in [6, 6.07) is 0. The fraction of sp³-hybridized carbons (Fsp3) is 0.917. The van der Waals surface area contributed by atoms with Crippen LogP contribution < -0.4 is 0 Å². The zero-order valence-corrected chi connectivity index (χ0v) is 30.6. The summed E-state index contributed by atoms with van der Waals surface area (Å²) >= 11 is 0. The molecule has 49 heavy (non-hydrogen) atoms. The number of hydrogen-bond donors (Lipinski definition) is 6. The molecule has 4 saturated carbocycles. The standard InChI is InChI=1S/C36H58O12S/c1-31(2)13-15-36(30(42)47-29-28(41)27(40)26(39)22(18-37)46-29)16-14-34(5)20(21(36)17-31)7-8-24-32(3)11-10-25(48-49(43,44)45)33(4,19-38)23(32)9-12-35(24,34)6/h7,21-29,37-41H,8-19H2,1-6H3,(H,43,44,45)/t21-,22+,23+,24+,25-,26+,27-,28+,29-,32-,33-,34+,35+,36-/m0/s1. The van der Waals surface area contributed by atoms with Crippen molar-refractivity contribution >= 4 is 16.4 Å². The van der Waals surface area contributed by atoms with Gasteiger partial charge < -0.3 is 35.0 Å². The zero-order chi connectivity index (χ0) is 36.2. The molecule has 5 fully saturated rings.